The lowest BCUT2D eigenvalue weighted by molar-refractivity contribution is -0.121. The summed E-state index contributed by atoms with van der Waals surface area (Å²) in [5, 5.41) is 3.48. The molecule has 0 aromatic heterocycles. The molecule has 1 aliphatic heterocycles. The standard InChI is InChI=1S/C20H20ClFN2O2/c1-13-6-7-15(21)12-18(13)23-19(25)14-8-10-24(11-9-14)20(26)16-4-2-3-5-17(16)22/h2-7,12,14H,8-11H2,1H3,(H,23,25). The van der Waals surface area contributed by atoms with Crippen LogP contribution >= 0.6 is 11.6 Å². The van der Waals surface area contributed by atoms with E-state index in [9.17, 15) is 14.0 Å². The first-order chi connectivity index (χ1) is 12.5. The molecule has 0 aliphatic carbocycles. The second-order valence-corrected chi connectivity index (χ2v) is 6.93. The van der Waals surface area contributed by atoms with Gasteiger partial charge in [0.05, 0.1) is 5.56 Å². The van der Waals surface area contributed by atoms with Gasteiger partial charge >= 0.3 is 0 Å². The Labute approximate surface area is 157 Å². The molecule has 26 heavy (non-hydrogen) atoms. The highest BCUT2D eigenvalue weighted by molar-refractivity contribution is 6.31. The van der Waals surface area contributed by atoms with Crippen LogP contribution in [-0.2, 0) is 4.79 Å². The van der Waals surface area contributed by atoms with Crippen molar-refractivity contribution in [3.8, 4) is 0 Å². The van der Waals surface area contributed by atoms with Gasteiger partial charge < -0.3 is 10.2 Å². The van der Waals surface area contributed by atoms with E-state index < -0.39 is 5.82 Å². The first-order valence-electron chi connectivity index (χ1n) is 8.56. The number of aryl methyl sites for hydroxylation is 1. The number of amides is 2. The van der Waals surface area contributed by atoms with E-state index >= 15 is 0 Å². The van der Waals surface area contributed by atoms with E-state index in [2.05, 4.69) is 5.32 Å². The highest BCUT2D eigenvalue weighted by atomic mass is 35.5. The van der Waals surface area contributed by atoms with E-state index in [1.807, 2.05) is 13.0 Å². The first-order valence-corrected chi connectivity index (χ1v) is 8.94. The minimum absolute atomic E-state index is 0.0740. The molecule has 0 radical (unpaired) electrons. The molecule has 0 atom stereocenters. The summed E-state index contributed by atoms with van der Waals surface area (Å²) >= 11 is 5.98. The van der Waals surface area contributed by atoms with Crippen molar-refractivity contribution in [2.75, 3.05) is 18.4 Å². The second-order valence-electron chi connectivity index (χ2n) is 6.49. The molecule has 1 aliphatic rings. The predicted octanol–water partition coefficient (Wildman–Crippen LogP) is 4.28. The number of likely N-dealkylation sites (tertiary alicyclic amines) is 1. The molecule has 1 fully saturated rings. The van der Waals surface area contributed by atoms with Crippen LogP contribution in [0, 0.1) is 18.7 Å². The lowest BCUT2D eigenvalue weighted by atomic mass is 9.95. The van der Waals surface area contributed by atoms with Gasteiger partial charge in [-0.3, -0.25) is 9.59 Å². The topological polar surface area (TPSA) is 49.4 Å². The summed E-state index contributed by atoms with van der Waals surface area (Å²) in [7, 11) is 0. The molecule has 1 heterocycles. The van der Waals surface area contributed by atoms with Crippen molar-refractivity contribution in [3.63, 3.8) is 0 Å². The molecule has 0 saturated carbocycles. The Hall–Kier alpha value is -2.40. The third kappa shape index (κ3) is 4.05. The number of piperidine rings is 1. The molecule has 136 valence electrons. The van der Waals surface area contributed by atoms with Crippen LogP contribution in [0.4, 0.5) is 10.1 Å². The molecular weight excluding hydrogens is 355 g/mol. The number of rotatable bonds is 3. The fourth-order valence-corrected chi connectivity index (χ4v) is 3.29. The maximum Gasteiger partial charge on any atom is 0.256 e. The Balaban J connectivity index is 1.60. The number of nitrogens with one attached hydrogen (secondary N) is 1. The average Bonchev–Trinajstić information content (AvgIpc) is 2.64. The number of nitrogens with zero attached hydrogens (tertiary/aromatic N) is 1. The van der Waals surface area contributed by atoms with Gasteiger partial charge in [0.1, 0.15) is 5.82 Å². The number of anilines is 1. The summed E-state index contributed by atoms with van der Waals surface area (Å²) in [6.07, 6.45) is 1.09. The maximum absolute atomic E-state index is 13.8. The molecule has 4 nitrogen and oxygen atoms in total. The third-order valence-corrected chi connectivity index (χ3v) is 4.95. The van der Waals surface area contributed by atoms with Crippen molar-refractivity contribution in [3.05, 3.63) is 64.4 Å². The number of hydrogen-bond acceptors (Lipinski definition) is 2. The van der Waals surface area contributed by atoms with Crippen LogP contribution in [0.3, 0.4) is 0 Å². The number of carbonyl (C=O) groups excluding carboxylic acids is 2. The lowest BCUT2D eigenvalue weighted by Gasteiger charge is -2.31. The van der Waals surface area contributed by atoms with Crippen LogP contribution in [0.1, 0.15) is 28.8 Å². The summed E-state index contributed by atoms with van der Waals surface area (Å²) in [6.45, 7) is 2.77. The Kier molecular flexibility index (Phi) is 5.57. The molecule has 6 heteroatoms. The van der Waals surface area contributed by atoms with Gasteiger partial charge in [-0.1, -0.05) is 29.8 Å². The van der Waals surface area contributed by atoms with Gasteiger partial charge in [-0.25, -0.2) is 4.39 Å². The quantitative estimate of drug-likeness (QED) is 0.871. The molecule has 0 bridgehead atoms. The van der Waals surface area contributed by atoms with Crippen LogP contribution in [0.25, 0.3) is 0 Å². The SMILES string of the molecule is Cc1ccc(Cl)cc1NC(=O)C1CCN(C(=O)c2ccccc2F)CC1. The number of halogens is 2. The summed E-state index contributed by atoms with van der Waals surface area (Å²) in [6, 6.07) is 11.3. The van der Waals surface area contributed by atoms with E-state index in [1.54, 1.807) is 29.2 Å². The summed E-state index contributed by atoms with van der Waals surface area (Å²) in [4.78, 5) is 26.6. The van der Waals surface area contributed by atoms with Crippen molar-refractivity contribution < 1.29 is 14.0 Å². The Morgan fingerprint density at radius 3 is 2.54 bits per heavy atom. The van der Waals surface area contributed by atoms with E-state index in [0.29, 0.717) is 36.6 Å². The summed E-state index contributed by atoms with van der Waals surface area (Å²) < 4.78 is 13.8. The average molecular weight is 375 g/mol. The highest BCUT2D eigenvalue weighted by Crippen LogP contribution is 2.24. The van der Waals surface area contributed by atoms with Gasteiger partial charge in [0, 0.05) is 29.7 Å². The Morgan fingerprint density at radius 2 is 1.85 bits per heavy atom. The van der Waals surface area contributed by atoms with Gasteiger partial charge in [-0.15, -0.1) is 0 Å². The third-order valence-electron chi connectivity index (χ3n) is 4.71. The Bertz CT molecular complexity index is 832. The van der Waals surface area contributed by atoms with Gasteiger partial charge in [0.25, 0.3) is 5.91 Å². The molecule has 2 aromatic carbocycles. The molecule has 0 spiro atoms. The zero-order valence-electron chi connectivity index (χ0n) is 14.5. The molecule has 0 unspecified atom stereocenters. The zero-order valence-corrected chi connectivity index (χ0v) is 15.2. The number of hydrogen-bond donors (Lipinski definition) is 1. The number of benzene rings is 2. The lowest BCUT2D eigenvalue weighted by Crippen LogP contribution is -2.41. The van der Waals surface area contributed by atoms with Crippen molar-refractivity contribution in [1.82, 2.24) is 4.90 Å². The van der Waals surface area contributed by atoms with Crippen LogP contribution < -0.4 is 5.32 Å². The monoisotopic (exact) mass is 374 g/mol. The van der Waals surface area contributed by atoms with Crippen LogP contribution in [-0.4, -0.2) is 29.8 Å². The largest absolute Gasteiger partial charge is 0.339 e. The van der Waals surface area contributed by atoms with Crippen molar-refractivity contribution in [1.29, 1.82) is 0 Å². The van der Waals surface area contributed by atoms with Gasteiger partial charge in [0.2, 0.25) is 5.91 Å². The fraction of sp³-hybridized carbons (Fsp3) is 0.300. The van der Waals surface area contributed by atoms with E-state index in [-0.39, 0.29) is 23.3 Å². The zero-order chi connectivity index (χ0) is 18.7. The molecule has 3 rings (SSSR count). The maximum atomic E-state index is 13.8. The van der Waals surface area contributed by atoms with Gasteiger partial charge in [-0.05, 0) is 49.6 Å². The first kappa shape index (κ1) is 18.4. The predicted molar refractivity (Wildman–Crippen MR) is 99.8 cm³/mol. The molecule has 1 saturated heterocycles. The molecular formula is C20H20ClFN2O2. The number of carbonyl (C=O) groups is 2. The molecule has 2 amide bonds. The van der Waals surface area contributed by atoms with Crippen molar-refractivity contribution in [2.24, 2.45) is 5.92 Å². The minimum Gasteiger partial charge on any atom is -0.339 e. The van der Waals surface area contributed by atoms with Crippen LogP contribution in [0.2, 0.25) is 5.02 Å². The van der Waals surface area contributed by atoms with Gasteiger partial charge in [-0.2, -0.15) is 0 Å². The van der Waals surface area contributed by atoms with E-state index in [4.69, 9.17) is 11.6 Å². The second kappa shape index (κ2) is 7.87. The van der Waals surface area contributed by atoms with E-state index in [1.165, 1.54) is 12.1 Å². The fourth-order valence-electron chi connectivity index (χ4n) is 3.11. The van der Waals surface area contributed by atoms with E-state index in [0.717, 1.165) is 5.56 Å². The van der Waals surface area contributed by atoms with Crippen LogP contribution in [0.5, 0.6) is 0 Å². The highest BCUT2D eigenvalue weighted by Gasteiger charge is 2.29. The summed E-state index contributed by atoms with van der Waals surface area (Å²) in [5.41, 5.74) is 1.72. The van der Waals surface area contributed by atoms with Crippen molar-refractivity contribution >= 4 is 29.1 Å². The summed E-state index contributed by atoms with van der Waals surface area (Å²) in [5.74, 6) is -1.10. The van der Waals surface area contributed by atoms with Gasteiger partial charge in [0.15, 0.2) is 0 Å². The minimum atomic E-state index is -0.520. The van der Waals surface area contributed by atoms with Crippen molar-refractivity contribution in [2.45, 2.75) is 19.8 Å². The van der Waals surface area contributed by atoms with Crippen LogP contribution in [0.15, 0.2) is 42.5 Å². The molecule has 2 aromatic rings. The molecule has 1 N–H and O–H groups in total. The Morgan fingerprint density at radius 1 is 1.15 bits per heavy atom. The smallest absolute Gasteiger partial charge is 0.256 e. The normalized spacial score (nSPS) is 15.0.